The van der Waals surface area contributed by atoms with E-state index < -0.39 is 6.04 Å². The lowest BCUT2D eigenvalue weighted by molar-refractivity contribution is 0.0936. The normalized spacial score (nSPS) is 14.4. The fourth-order valence-corrected chi connectivity index (χ4v) is 4.60. The minimum atomic E-state index is -0.436. The molecule has 0 unspecified atom stereocenters. The number of rotatable bonds is 8. The minimum absolute atomic E-state index is 0.199. The highest BCUT2D eigenvalue weighted by Gasteiger charge is 2.32. The molecule has 1 heterocycles. The van der Waals surface area contributed by atoms with Crippen LogP contribution in [0, 0.1) is 0 Å². The van der Waals surface area contributed by atoms with Gasteiger partial charge in [0.05, 0.1) is 26.9 Å². The first-order chi connectivity index (χ1) is 17.9. The molecule has 8 nitrogen and oxygen atoms in total. The first-order valence-corrected chi connectivity index (χ1v) is 12.4. The molecule has 1 aliphatic rings. The van der Waals surface area contributed by atoms with Crippen molar-refractivity contribution in [3.05, 3.63) is 82.4 Å². The van der Waals surface area contributed by atoms with Crippen molar-refractivity contribution in [3.63, 3.8) is 0 Å². The van der Waals surface area contributed by atoms with Crippen LogP contribution in [0.15, 0.2) is 60.7 Å². The van der Waals surface area contributed by atoms with Gasteiger partial charge in [-0.2, -0.15) is 0 Å². The van der Waals surface area contributed by atoms with Crippen molar-refractivity contribution in [2.24, 2.45) is 0 Å². The Morgan fingerprint density at radius 3 is 2.43 bits per heavy atom. The Balaban J connectivity index is 1.60. The van der Waals surface area contributed by atoms with E-state index in [0.29, 0.717) is 47.3 Å². The van der Waals surface area contributed by atoms with Crippen LogP contribution in [0.25, 0.3) is 0 Å². The van der Waals surface area contributed by atoms with Gasteiger partial charge in [-0.25, -0.2) is 4.79 Å². The molecule has 0 aliphatic carbocycles. The van der Waals surface area contributed by atoms with Crippen molar-refractivity contribution in [1.29, 1.82) is 0 Å². The Labute approximate surface area is 221 Å². The largest absolute Gasteiger partial charge is 0.494 e. The molecule has 0 fully saturated rings. The van der Waals surface area contributed by atoms with Crippen LogP contribution in [-0.2, 0) is 6.42 Å². The second-order valence-electron chi connectivity index (χ2n) is 8.47. The van der Waals surface area contributed by atoms with E-state index in [0.717, 1.165) is 16.9 Å². The Morgan fingerprint density at radius 2 is 1.76 bits per heavy atom. The second-order valence-corrected chi connectivity index (χ2v) is 8.91. The Morgan fingerprint density at radius 1 is 1.03 bits per heavy atom. The third-order valence-corrected chi connectivity index (χ3v) is 6.46. The van der Waals surface area contributed by atoms with Crippen LogP contribution in [0.4, 0.5) is 10.5 Å². The average Bonchev–Trinajstić information content (AvgIpc) is 2.91. The van der Waals surface area contributed by atoms with Gasteiger partial charge < -0.3 is 29.7 Å². The molecule has 0 aromatic heterocycles. The molecule has 3 aromatic carbocycles. The van der Waals surface area contributed by atoms with E-state index >= 15 is 0 Å². The lowest BCUT2D eigenvalue weighted by Crippen LogP contribution is -2.46. The summed E-state index contributed by atoms with van der Waals surface area (Å²) in [6.07, 6.45) is 0.630. The van der Waals surface area contributed by atoms with Crippen molar-refractivity contribution < 1.29 is 23.8 Å². The van der Waals surface area contributed by atoms with Crippen LogP contribution >= 0.6 is 11.6 Å². The number of nitrogens with zero attached hydrogens (tertiary/aromatic N) is 1. The van der Waals surface area contributed by atoms with Crippen LogP contribution in [0.2, 0.25) is 5.02 Å². The van der Waals surface area contributed by atoms with Crippen molar-refractivity contribution in [2.45, 2.75) is 19.4 Å². The monoisotopic (exact) mass is 523 g/mol. The van der Waals surface area contributed by atoms with E-state index in [4.69, 9.17) is 25.8 Å². The quantitative estimate of drug-likeness (QED) is 0.417. The number of anilines is 1. The maximum Gasteiger partial charge on any atom is 0.322 e. The molecule has 0 spiro atoms. The molecule has 3 aromatic rings. The van der Waals surface area contributed by atoms with Crippen molar-refractivity contribution in [3.8, 4) is 17.2 Å². The summed E-state index contributed by atoms with van der Waals surface area (Å²) in [7, 11) is 3.16. The molecule has 1 aliphatic heterocycles. The Bertz CT molecular complexity index is 1270. The number of benzene rings is 3. The van der Waals surface area contributed by atoms with Gasteiger partial charge in [0, 0.05) is 29.4 Å². The standard InChI is InChI=1S/C28H30ClN3O5/c1-4-37-22-10-8-21(9-11-22)31-28(34)32-13-12-18-15-25(35-2)26(36-3)16-23(18)24(32)17-30-27(33)19-6-5-7-20(29)14-19/h5-11,14-16,24H,4,12-13,17H2,1-3H3,(H,30,33)(H,31,34)/t24-/m1/s1. The second kappa shape index (κ2) is 11.9. The number of ether oxygens (including phenoxy) is 3. The molecule has 0 bridgehead atoms. The first kappa shape index (κ1) is 26.2. The van der Waals surface area contributed by atoms with Crippen LogP contribution < -0.4 is 24.8 Å². The summed E-state index contributed by atoms with van der Waals surface area (Å²) in [5.41, 5.74) is 3.01. The molecule has 9 heteroatoms. The van der Waals surface area contributed by atoms with E-state index in [1.165, 1.54) is 0 Å². The van der Waals surface area contributed by atoms with E-state index in [2.05, 4.69) is 10.6 Å². The van der Waals surface area contributed by atoms with Crippen LogP contribution in [0.3, 0.4) is 0 Å². The summed E-state index contributed by atoms with van der Waals surface area (Å²) in [5, 5.41) is 6.41. The number of hydrogen-bond donors (Lipinski definition) is 2. The topological polar surface area (TPSA) is 89.1 Å². The van der Waals surface area contributed by atoms with Crippen molar-refractivity contribution in [2.75, 3.05) is 39.2 Å². The summed E-state index contributed by atoms with van der Waals surface area (Å²) in [4.78, 5) is 28.0. The number of carbonyl (C=O) groups excluding carboxylic acids is 2. The van der Waals surface area contributed by atoms with Crippen molar-refractivity contribution >= 4 is 29.2 Å². The fourth-order valence-electron chi connectivity index (χ4n) is 4.41. The zero-order valence-corrected chi connectivity index (χ0v) is 21.8. The lowest BCUT2D eigenvalue weighted by Gasteiger charge is -2.38. The minimum Gasteiger partial charge on any atom is -0.494 e. The number of methoxy groups -OCH3 is 2. The third-order valence-electron chi connectivity index (χ3n) is 6.22. The predicted molar refractivity (Wildman–Crippen MR) is 143 cm³/mol. The average molecular weight is 524 g/mol. The highest BCUT2D eigenvalue weighted by atomic mass is 35.5. The van der Waals surface area contributed by atoms with Gasteiger partial charge in [-0.15, -0.1) is 0 Å². The third kappa shape index (κ3) is 6.09. The molecule has 1 atom stereocenters. The number of fused-ring (bicyclic) bond motifs is 1. The summed E-state index contributed by atoms with van der Waals surface area (Å²) < 4.78 is 16.5. The maximum atomic E-state index is 13.4. The molecule has 194 valence electrons. The number of carbonyl (C=O) groups is 2. The zero-order valence-electron chi connectivity index (χ0n) is 21.0. The highest BCUT2D eigenvalue weighted by Crippen LogP contribution is 2.38. The molecule has 37 heavy (non-hydrogen) atoms. The highest BCUT2D eigenvalue weighted by molar-refractivity contribution is 6.30. The number of hydrogen-bond acceptors (Lipinski definition) is 5. The molecular weight excluding hydrogens is 494 g/mol. The van der Waals surface area contributed by atoms with Gasteiger partial charge in [0.25, 0.3) is 5.91 Å². The smallest absolute Gasteiger partial charge is 0.322 e. The number of urea groups is 1. The SMILES string of the molecule is CCOc1ccc(NC(=O)N2CCc3cc(OC)c(OC)cc3[C@H]2CNC(=O)c2cccc(Cl)c2)cc1. The van der Waals surface area contributed by atoms with Crippen LogP contribution in [0.1, 0.15) is 34.5 Å². The lowest BCUT2D eigenvalue weighted by atomic mass is 9.91. The van der Waals surface area contributed by atoms with Crippen molar-refractivity contribution in [1.82, 2.24) is 10.2 Å². The zero-order chi connectivity index (χ0) is 26.4. The number of halogens is 1. The predicted octanol–water partition coefficient (Wildman–Crippen LogP) is 5.32. The van der Waals surface area contributed by atoms with Gasteiger partial charge in [0.2, 0.25) is 0 Å². The summed E-state index contributed by atoms with van der Waals surface area (Å²) in [6.45, 7) is 3.14. The van der Waals surface area contributed by atoms with Gasteiger partial charge in [-0.3, -0.25) is 4.79 Å². The van der Waals surface area contributed by atoms with Gasteiger partial charge >= 0.3 is 6.03 Å². The fraction of sp³-hybridized carbons (Fsp3) is 0.286. The van der Waals surface area contributed by atoms with Crippen LogP contribution in [-0.4, -0.2) is 50.8 Å². The Kier molecular flexibility index (Phi) is 8.40. The van der Waals surface area contributed by atoms with Gasteiger partial charge in [0.15, 0.2) is 11.5 Å². The molecular formula is C28H30ClN3O5. The molecule has 0 saturated carbocycles. The van der Waals surface area contributed by atoms with E-state index in [1.54, 1.807) is 55.5 Å². The first-order valence-electron chi connectivity index (χ1n) is 12.0. The molecule has 2 N–H and O–H groups in total. The summed E-state index contributed by atoms with van der Waals surface area (Å²) in [5.74, 6) is 1.63. The molecule has 0 saturated heterocycles. The van der Waals surface area contributed by atoms with Gasteiger partial charge in [0.1, 0.15) is 5.75 Å². The summed E-state index contributed by atoms with van der Waals surface area (Å²) >= 11 is 6.06. The van der Waals surface area contributed by atoms with Crippen LogP contribution in [0.5, 0.6) is 17.2 Å². The van der Waals surface area contributed by atoms with E-state index in [-0.39, 0.29) is 18.5 Å². The number of nitrogens with one attached hydrogen (secondary N) is 2. The number of amides is 3. The summed E-state index contributed by atoms with van der Waals surface area (Å²) in [6, 6.07) is 17.0. The molecule has 4 rings (SSSR count). The van der Waals surface area contributed by atoms with Gasteiger partial charge in [-0.1, -0.05) is 17.7 Å². The molecule has 0 radical (unpaired) electrons. The van der Waals surface area contributed by atoms with E-state index in [1.807, 2.05) is 31.2 Å². The van der Waals surface area contributed by atoms with E-state index in [9.17, 15) is 9.59 Å². The molecule has 3 amide bonds. The maximum absolute atomic E-state index is 13.4. The Hall–Kier alpha value is -3.91. The van der Waals surface area contributed by atoms with Gasteiger partial charge in [-0.05, 0) is 79.1 Å².